The van der Waals surface area contributed by atoms with Crippen molar-refractivity contribution in [2.75, 3.05) is 0 Å². The number of rotatable bonds is 4. The molecule has 1 aliphatic heterocycles. The van der Waals surface area contributed by atoms with E-state index in [1.807, 2.05) is 6.92 Å². The molecule has 28 heavy (non-hydrogen) atoms. The standard InChI is InChI=1S/C19H18Cl2N4O2S/c1-8-9(2)15-16(22)17(28-19(15)23-10(8)3)18-24-14(25-27-18)7-26-11-4-5-12(20)13(21)6-11/h4-6,16-17H,7,22H2,1-3H3. The molecule has 2 unspecified atom stereocenters. The highest BCUT2D eigenvalue weighted by molar-refractivity contribution is 7.99. The molecule has 0 bridgehead atoms. The van der Waals surface area contributed by atoms with Crippen LogP contribution < -0.4 is 10.5 Å². The second kappa shape index (κ2) is 7.55. The van der Waals surface area contributed by atoms with E-state index in [1.54, 1.807) is 30.0 Å². The van der Waals surface area contributed by atoms with E-state index in [0.717, 1.165) is 21.8 Å². The molecule has 3 aromatic rings. The number of aryl methyl sites for hydroxylation is 1. The number of pyridine rings is 1. The second-order valence-corrected chi connectivity index (χ2v) is 8.59. The number of hydrogen-bond acceptors (Lipinski definition) is 7. The molecule has 146 valence electrons. The molecule has 6 nitrogen and oxygen atoms in total. The minimum absolute atomic E-state index is 0.149. The number of thioether (sulfide) groups is 1. The molecular weight excluding hydrogens is 419 g/mol. The lowest BCUT2D eigenvalue weighted by Crippen LogP contribution is -2.15. The average Bonchev–Trinajstić information content (AvgIpc) is 3.25. The summed E-state index contributed by atoms with van der Waals surface area (Å²) in [5.74, 6) is 1.48. The third-order valence-corrected chi connectivity index (χ3v) is 6.92. The fourth-order valence-corrected chi connectivity index (χ4v) is 4.73. The number of nitrogens with two attached hydrogens (primary N) is 1. The molecule has 3 heterocycles. The summed E-state index contributed by atoms with van der Waals surface area (Å²) in [5, 5.41) is 5.67. The molecule has 0 spiro atoms. The summed E-state index contributed by atoms with van der Waals surface area (Å²) in [6.45, 7) is 6.30. The minimum Gasteiger partial charge on any atom is -0.485 e. The summed E-state index contributed by atoms with van der Waals surface area (Å²) in [7, 11) is 0. The van der Waals surface area contributed by atoms with Gasteiger partial charge in [0, 0.05) is 17.3 Å². The van der Waals surface area contributed by atoms with Crippen LogP contribution in [0.3, 0.4) is 0 Å². The number of halogens is 2. The van der Waals surface area contributed by atoms with Crippen LogP contribution in [-0.4, -0.2) is 15.1 Å². The third-order valence-electron chi connectivity index (χ3n) is 4.89. The van der Waals surface area contributed by atoms with Crippen LogP contribution in [0, 0.1) is 20.8 Å². The molecular formula is C19H18Cl2N4O2S. The Morgan fingerprint density at radius 2 is 1.93 bits per heavy atom. The van der Waals surface area contributed by atoms with Crippen LogP contribution in [-0.2, 0) is 6.61 Å². The van der Waals surface area contributed by atoms with E-state index in [1.165, 1.54) is 5.56 Å². The van der Waals surface area contributed by atoms with Crippen molar-refractivity contribution >= 4 is 35.0 Å². The second-order valence-electron chi connectivity index (χ2n) is 6.64. The third kappa shape index (κ3) is 3.48. The molecule has 2 aromatic heterocycles. The van der Waals surface area contributed by atoms with Gasteiger partial charge in [0.15, 0.2) is 6.61 Å². The van der Waals surface area contributed by atoms with Crippen molar-refractivity contribution < 1.29 is 9.26 Å². The Morgan fingerprint density at radius 1 is 1.14 bits per heavy atom. The topological polar surface area (TPSA) is 87.1 Å². The number of aromatic nitrogens is 3. The van der Waals surface area contributed by atoms with Gasteiger partial charge in [0.2, 0.25) is 11.7 Å². The average molecular weight is 437 g/mol. The van der Waals surface area contributed by atoms with Crippen molar-refractivity contribution in [3.05, 3.63) is 62.3 Å². The number of ether oxygens (including phenoxy) is 1. The molecule has 1 aromatic carbocycles. The molecule has 0 amide bonds. The van der Waals surface area contributed by atoms with Crippen molar-refractivity contribution in [2.45, 2.75) is 43.7 Å². The zero-order valence-electron chi connectivity index (χ0n) is 15.5. The zero-order chi connectivity index (χ0) is 20.0. The quantitative estimate of drug-likeness (QED) is 0.606. The van der Waals surface area contributed by atoms with Gasteiger partial charge in [-0.1, -0.05) is 40.1 Å². The Bertz CT molecular complexity index is 1060. The molecule has 0 aliphatic carbocycles. The van der Waals surface area contributed by atoms with Gasteiger partial charge < -0.3 is 15.0 Å². The number of nitrogens with zero attached hydrogens (tertiary/aromatic N) is 3. The van der Waals surface area contributed by atoms with Crippen LogP contribution in [0.2, 0.25) is 10.0 Å². The van der Waals surface area contributed by atoms with Gasteiger partial charge in [0.25, 0.3) is 0 Å². The Balaban J connectivity index is 1.50. The predicted octanol–water partition coefficient (Wildman–Crippen LogP) is 5.12. The van der Waals surface area contributed by atoms with E-state index in [2.05, 4.69) is 29.0 Å². The van der Waals surface area contributed by atoms with Gasteiger partial charge >= 0.3 is 0 Å². The minimum atomic E-state index is -0.254. The largest absolute Gasteiger partial charge is 0.485 e. The van der Waals surface area contributed by atoms with Crippen molar-refractivity contribution in [2.24, 2.45) is 5.73 Å². The fraction of sp³-hybridized carbons (Fsp3) is 0.316. The van der Waals surface area contributed by atoms with Crippen molar-refractivity contribution in [3.63, 3.8) is 0 Å². The van der Waals surface area contributed by atoms with E-state index >= 15 is 0 Å². The monoisotopic (exact) mass is 436 g/mol. The van der Waals surface area contributed by atoms with E-state index in [0.29, 0.717) is 27.5 Å². The highest BCUT2D eigenvalue weighted by Crippen LogP contribution is 2.52. The summed E-state index contributed by atoms with van der Waals surface area (Å²) in [6.07, 6.45) is 0. The zero-order valence-corrected chi connectivity index (χ0v) is 17.8. The van der Waals surface area contributed by atoms with Crippen molar-refractivity contribution in [1.82, 2.24) is 15.1 Å². The van der Waals surface area contributed by atoms with Crippen molar-refractivity contribution in [1.29, 1.82) is 0 Å². The molecule has 0 saturated carbocycles. The van der Waals surface area contributed by atoms with Crippen LogP contribution in [0.25, 0.3) is 0 Å². The predicted molar refractivity (Wildman–Crippen MR) is 109 cm³/mol. The maximum atomic E-state index is 6.50. The first-order valence-corrected chi connectivity index (χ1v) is 10.3. The van der Waals surface area contributed by atoms with Gasteiger partial charge in [-0.25, -0.2) is 4.98 Å². The van der Waals surface area contributed by atoms with Gasteiger partial charge in [0.05, 0.1) is 16.1 Å². The molecule has 4 rings (SSSR count). The highest BCUT2D eigenvalue weighted by Gasteiger charge is 2.38. The molecule has 0 saturated heterocycles. The van der Waals surface area contributed by atoms with Crippen LogP contribution in [0.5, 0.6) is 5.75 Å². The van der Waals surface area contributed by atoms with Gasteiger partial charge in [-0.05, 0) is 44.0 Å². The fourth-order valence-electron chi connectivity index (χ4n) is 3.12. The first-order valence-electron chi connectivity index (χ1n) is 8.65. The Kier molecular flexibility index (Phi) is 5.26. The molecule has 1 aliphatic rings. The molecule has 0 radical (unpaired) electrons. The molecule has 9 heteroatoms. The Hall–Kier alpha value is -1.80. The van der Waals surface area contributed by atoms with E-state index < -0.39 is 0 Å². The van der Waals surface area contributed by atoms with Gasteiger partial charge in [0.1, 0.15) is 16.0 Å². The normalized spacial score (nSPS) is 18.4. The smallest absolute Gasteiger partial charge is 0.242 e. The maximum absolute atomic E-state index is 6.50. The van der Waals surface area contributed by atoms with Crippen LogP contribution in [0.15, 0.2) is 27.7 Å². The number of fused-ring (bicyclic) bond motifs is 1. The number of benzene rings is 1. The lowest BCUT2D eigenvalue weighted by Gasteiger charge is -2.14. The Morgan fingerprint density at radius 3 is 2.68 bits per heavy atom. The highest BCUT2D eigenvalue weighted by atomic mass is 35.5. The molecule has 2 atom stereocenters. The van der Waals surface area contributed by atoms with Crippen LogP contribution in [0.1, 0.15) is 45.4 Å². The lowest BCUT2D eigenvalue weighted by atomic mass is 9.97. The van der Waals surface area contributed by atoms with E-state index in [-0.39, 0.29) is 17.9 Å². The van der Waals surface area contributed by atoms with Gasteiger partial charge in [-0.15, -0.1) is 0 Å². The first-order chi connectivity index (χ1) is 13.3. The first kappa shape index (κ1) is 19.5. The summed E-state index contributed by atoms with van der Waals surface area (Å²) < 4.78 is 11.1. The van der Waals surface area contributed by atoms with Gasteiger partial charge in [-0.2, -0.15) is 4.98 Å². The summed E-state index contributed by atoms with van der Waals surface area (Å²) in [5.41, 5.74) is 10.9. The molecule has 2 N–H and O–H groups in total. The summed E-state index contributed by atoms with van der Waals surface area (Å²) in [4.78, 5) is 9.15. The van der Waals surface area contributed by atoms with Crippen molar-refractivity contribution in [3.8, 4) is 5.75 Å². The maximum Gasteiger partial charge on any atom is 0.242 e. The van der Waals surface area contributed by atoms with Gasteiger partial charge in [-0.3, -0.25) is 0 Å². The van der Waals surface area contributed by atoms with Crippen LogP contribution >= 0.6 is 35.0 Å². The Labute approximate surface area is 176 Å². The number of hydrogen-bond donors (Lipinski definition) is 1. The summed E-state index contributed by atoms with van der Waals surface area (Å²) >= 11 is 13.5. The van der Waals surface area contributed by atoms with E-state index in [9.17, 15) is 0 Å². The van der Waals surface area contributed by atoms with E-state index in [4.69, 9.17) is 38.2 Å². The lowest BCUT2D eigenvalue weighted by molar-refractivity contribution is 0.284. The summed E-state index contributed by atoms with van der Waals surface area (Å²) in [6, 6.07) is 4.79. The SMILES string of the molecule is Cc1nc2c(c(C)c1C)C(N)C(c1nc(COc3ccc(Cl)c(Cl)c3)no1)S2. The van der Waals surface area contributed by atoms with Crippen LogP contribution in [0.4, 0.5) is 0 Å². The molecule has 0 fully saturated rings.